The summed E-state index contributed by atoms with van der Waals surface area (Å²) in [5.41, 5.74) is 2.24. The maximum absolute atomic E-state index is 12.2. The summed E-state index contributed by atoms with van der Waals surface area (Å²) in [7, 11) is 0. The highest BCUT2D eigenvalue weighted by molar-refractivity contribution is 6.41. The molecule has 0 aliphatic carbocycles. The average Bonchev–Trinajstić information content (AvgIpc) is 3.12. The van der Waals surface area contributed by atoms with Crippen LogP contribution in [0.4, 0.5) is 11.4 Å². The number of benzene rings is 1. The lowest BCUT2D eigenvalue weighted by molar-refractivity contribution is -0.117. The molecule has 0 atom stereocenters. The number of carbonyl (C=O) groups excluding carboxylic acids is 1. The molecule has 132 valence electrons. The minimum atomic E-state index is -0.592. The number of aromatic nitrogens is 2. The largest absolute Gasteiger partial charge is 0.372 e. The first kappa shape index (κ1) is 17.8. The van der Waals surface area contributed by atoms with Crippen LogP contribution in [0, 0.1) is 6.92 Å². The number of aryl methyl sites for hydroxylation is 1. The fourth-order valence-corrected chi connectivity index (χ4v) is 3.11. The van der Waals surface area contributed by atoms with Crippen molar-refractivity contribution in [3.63, 3.8) is 0 Å². The zero-order valence-electron chi connectivity index (χ0n) is 13.8. The molecule has 25 heavy (non-hydrogen) atoms. The van der Waals surface area contributed by atoms with Crippen LogP contribution in [-0.4, -0.2) is 28.8 Å². The number of nitrogens with one attached hydrogen (secondary N) is 1. The minimum absolute atomic E-state index is 0.0664. The molecule has 3 rings (SSSR count). The summed E-state index contributed by atoms with van der Waals surface area (Å²) in [6, 6.07) is 5.94. The van der Waals surface area contributed by atoms with Gasteiger partial charge in [-0.2, -0.15) is 5.10 Å². The summed E-state index contributed by atoms with van der Waals surface area (Å²) >= 11 is 11.5. The molecular weight excluding hydrogens is 363 g/mol. The van der Waals surface area contributed by atoms with E-state index in [0.717, 1.165) is 29.0 Å². The van der Waals surface area contributed by atoms with Crippen molar-refractivity contribution < 1.29 is 4.79 Å². The molecule has 1 aliphatic heterocycles. The van der Waals surface area contributed by atoms with Gasteiger partial charge in [0.2, 0.25) is 5.91 Å². The van der Waals surface area contributed by atoms with Gasteiger partial charge in [-0.1, -0.05) is 23.2 Å². The number of hydrogen-bond donors (Lipinski definition) is 1. The highest BCUT2D eigenvalue weighted by atomic mass is 35.5. The van der Waals surface area contributed by atoms with Gasteiger partial charge in [-0.15, -0.1) is 0 Å². The molecule has 0 saturated carbocycles. The highest BCUT2D eigenvalue weighted by Crippen LogP contribution is 2.25. The van der Waals surface area contributed by atoms with Crippen molar-refractivity contribution in [3.05, 3.63) is 50.4 Å². The molecule has 0 spiro atoms. The summed E-state index contributed by atoms with van der Waals surface area (Å²) in [6.07, 6.45) is 3.67. The Morgan fingerprint density at radius 2 is 2.00 bits per heavy atom. The molecule has 1 N–H and O–H groups in total. The van der Waals surface area contributed by atoms with Gasteiger partial charge in [-0.05, 0) is 43.5 Å². The van der Waals surface area contributed by atoms with Crippen molar-refractivity contribution in [2.45, 2.75) is 26.3 Å². The van der Waals surface area contributed by atoms with Gasteiger partial charge >= 0.3 is 0 Å². The summed E-state index contributed by atoms with van der Waals surface area (Å²) in [5, 5.41) is 6.56. The van der Waals surface area contributed by atoms with Crippen LogP contribution in [0.25, 0.3) is 0 Å². The number of anilines is 2. The number of halogens is 2. The number of amides is 1. The third kappa shape index (κ3) is 3.96. The Hall–Kier alpha value is -2.05. The number of carbonyl (C=O) groups is 1. The van der Waals surface area contributed by atoms with E-state index in [9.17, 15) is 9.59 Å². The molecule has 0 radical (unpaired) electrons. The third-order valence-electron chi connectivity index (χ3n) is 4.19. The second-order valence-electron chi connectivity index (χ2n) is 6.01. The fraction of sp³-hybridized carbons (Fsp3) is 0.353. The molecule has 1 saturated heterocycles. The third-order valence-corrected chi connectivity index (χ3v) is 4.94. The monoisotopic (exact) mass is 380 g/mol. The zero-order valence-corrected chi connectivity index (χ0v) is 15.3. The highest BCUT2D eigenvalue weighted by Gasteiger charge is 2.15. The van der Waals surface area contributed by atoms with Crippen LogP contribution in [0.2, 0.25) is 10.0 Å². The number of rotatable bonds is 4. The van der Waals surface area contributed by atoms with Crippen LogP contribution in [0.5, 0.6) is 0 Å². The van der Waals surface area contributed by atoms with E-state index < -0.39 is 5.56 Å². The van der Waals surface area contributed by atoms with Crippen molar-refractivity contribution in [2.24, 2.45) is 0 Å². The van der Waals surface area contributed by atoms with E-state index in [4.69, 9.17) is 23.2 Å². The van der Waals surface area contributed by atoms with Gasteiger partial charge in [0.15, 0.2) is 0 Å². The molecule has 1 aromatic heterocycles. The summed E-state index contributed by atoms with van der Waals surface area (Å²) < 4.78 is 0.984. The van der Waals surface area contributed by atoms with Gasteiger partial charge in [0.05, 0.1) is 11.2 Å². The predicted molar refractivity (Wildman–Crippen MR) is 99.8 cm³/mol. The minimum Gasteiger partial charge on any atom is -0.372 e. The van der Waals surface area contributed by atoms with E-state index in [1.54, 1.807) is 0 Å². The van der Waals surface area contributed by atoms with E-state index in [-0.39, 0.29) is 22.5 Å². The molecule has 2 aromatic rings. The summed E-state index contributed by atoms with van der Waals surface area (Å²) in [5.74, 6) is -0.356. The van der Waals surface area contributed by atoms with Crippen molar-refractivity contribution in [3.8, 4) is 0 Å². The number of nitrogens with zero attached hydrogens (tertiary/aromatic N) is 3. The van der Waals surface area contributed by atoms with Gasteiger partial charge in [0.1, 0.15) is 11.6 Å². The lowest BCUT2D eigenvalue weighted by Crippen LogP contribution is -2.30. The quantitative estimate of drug-likeness (QED) is 0.884. The Bertz CT molecular complexity index is 860. The molecule has 1 aromatic carbocycles. The van der Waals surface area contributed by atoms with Gasteiger partial charge in [0, 0.05) is 24.5 Å². The van der Waals surface area contributed by atoms with Crippen molar-refractivity contribution in [1.29, 1.82) is 0 Å². The molecule has 6 nitrogen and oxygen atoms in total. The second kappa shape index (κ2) is 7.45. The van der Waals surface area contributed by atoms with E-state index >= 15 is 0 Å². The number of hydrogen-bond acceptors (Lipinski definition) is 4. The second-order valence-corrected chi connectivity index (χ2v) is 6.80. The Labute approximate surface area is 155 Å². The molecule has 8 heteroatoms. The Balaban J connectivity index is 1.71. The smallest absolute Gasteiger partial charge is 0.287 e. The van der Waals surface area contributed by atoms with Crippen molar-refractivity contribution in [1.82, 2.24) is 9.78 Å². The molecule has 0 unspecified atom stereocenters. The zero-order chi connectivity index (χ0) is 18.0. The van der Waals surface area contributed by atoms with Crippen LogP contribution < -0.4 is 15.8 Å². The molecule has 0 bridgehead atoms. The molecule has 1 aliphatic rings. The Morgan fingerprint density at radius 3 is 2.68 bits per heavy atom. The van der Waals surface area contributed by atoms with Gasteiger partial charge in [0.25, 0.3) is 5.56 Å². The maximum atomic E-state index is 12.2. The normalized spacial score (nSPS) is 14.0. The summed E-state index contributed by atoms with van der Waals surface area (Å²) in [4.78, 5) is 26.5. The van der Waals surface area contributed by atoms with Crippen LogP contribution >= 0.6 is 23.2 Å². The fourth-order valence-electron chi connectivity index (χ4n) is 2.84. The molecule has 1 amide bonds. The molecular formula is C17H18Cl2N4O2. The van der Waals surface area contributed by atoms with E-state index in [2.05, 4.69) is 21.4 Å². The standard InChI is InChI=1S/C17H18Cl2N4O2/c1-11-8-12(22-6-2-3-7-22)4-5-14(11)21-15(24)10-23-17(25)16(19)13(18)9-20-23/h4-5,8-9H,2-3,6-7,10H2,1H3,(H,21,24). The van der Waals surface area contributed by atoms with Crippen LogP contribution in [0.1, 0.15) is 18.4 Å². The lowest BCUT2D eigenvalue weighted by Gasteiger charge is -2.19. The van der Waals surface area contributed by atoms with Crippen molar-refractivity contribution >= 4 is 40.5 Å². The first-order valence-corrected chi connectivity index (χ1v) is 8.78. The van der Waals surface area contributed by atoms with E-state index in [0.29, 0.717) is 5.69 Å². The van der Waals surface area contributed by atoms with Gasteiger partial charge < -0.3 is 10.2 Å². The van der Waals surface area contributed by atoms with Crippen LogP contribution in [0.3, 0.4) is 0 Å². The average molecular weight is 381 g/mol. The SMILES string of the molecule is Cc1cc(N2CCCC2)ccc1NC(=O)Cn1ncc(Cl)c(Cl)c1=O. The Morgan fingerprint density at radius 1 is 1.28 bits per heavy atom. The lowest BCUT2D eigenvalue weighted by atomic mass is 10.1. The summed E-state index contributed by atoms with van der Waals surface area (Å²) in [6.45, 7) is 3.84. The van der Waals surface area contributed by atoms with Gasteiger partial charge in [-0.3, -0.25) is 9.59 Å². The topological polar surface area (TPSA) is 67.2 Å². The predicted octanol–water partition coefficient (Wildman–Crippen LogP) is 3.10. The van der Waals surface area contributed by atoms with Gasteiger partial charge in [-0.25, -0.2) is 4.68 Å². The van der Waals surface area contributed by atoms with Crippen LogP contribution in [0.15, 0.2) is 29.2 Å². The first-order chi connectivity index (χ1) is 12.0. The van der Waals surface area contributed by atoms with Crippen LogP contribution in [-0.2, 0) is 11.3 Å². The molecule has 1 fully saturated rings. The molecule has 2 heterocycles. The van der Waals surface area contributed by atoms with E-state index in [1.165, 1.54) is 19.0 Å². The van der Waals surface area contributed by atoms with E-state index in [1.807, 2.05) is 19.1 Å². The maximum Gasteiger partial charge on any atom is 0.287 e. The van der Waals surface area contributed by atoms with Crippen molar-refractivity contribution in [2.75, 3.05) is 23.3 Å². The Kier molecular flexibility index (Phi) is 5.30. The first-order valence-electron chi connectivity index (χ1n) is 8.02.